The van der Waals surface area contributed by atoms with Crippen LogP contribution in [-0.4, -0.2) is 46.4 Å². The molecule has 1 saturated heterocycles. The van der Waals surface area contributed by atoms with Gasteiger partial charge in [-0.3, -0.25) is 14.0 Å². The summed E-state index contributed by atoms with van der Waals surface area (Å²) in [5.41, 5.74) is 3.52. The van der Waals surface area contributed by atoms with E-state index in [0.29, 0.717) is 53.3 Å². The summed E-state index contributed by atoms with van der Waals surface area (Å²) in [6.07, 6.45) is 1.66. The first-order valence-corrected chi connectivity index (χ1v) is 10.6. The van der Waals surface area contributed by atoms with Crippen LogP contribution >= 0.6 is 11.6 Å². The molecule has 4 aromatic rings. The van der Waals surface area contributed by atoms with Gasteiger partial charge in [-0.15, -0.1) is 0 Å². The van der Waals surface area contributed by atoms with E-state index in [1.54, 1.807) is 30.5 Å². The van der Waals surface area contributed by atoms with E-state index in [1.165, 1.54) is 4.40 Å². The van der Waals surface area contributed by atoms with Gasteiger partial charge in [-0.25, -0.2) is 4.98 Å². The summed E-state index contributed by atoms with van der Waals surface area (Å²) in [6.45, 7) is 4.67. The van der Waals surface area contributed by atoms with Crippen molar-refractivity contribution in [3.8, 4) is 0 Å². The Hall–Kier alpha value is -3.38. The molecule has 6 nitrogen and oxygen atoms in total. The zero-order valence-corrected chi connectivity index (χ0v) is 17.8. The van der Waals surface area contributed by atoms with E-state index in [-0.39, 0.29) is 11.5 Å². The molecule has 3 heterocycles. The zero-order valence-electron chi connectivity index (χ0n) is 17.1. The molecule has 1 aliphatic heterocycles. The first kappa shape index (κ1) is 19.6. The fourth-order valence-corrected chi connectivity index (χ4v) is 4.35. The Labute approximate surface area is 184 Å². The summed E-state index contributed by atoms with van der Waals surface area (Å²) in [5, 5.41) is 1.24. The number of amides is 1. The van der Waals surface area contributed by atoms with Crippen LogP contribution < -0.4 is 10.5 Å². The van der Waals surface area contributed by atoms with Gasteiger partial charge >= 0.3 is 0 Å². The number of piperazine rings is 1. The molecule has 1 amide bonds. The number of hydrogen-bond donors (Lipinski definition) is 0. The molecule has 0 saturated carbocycles. The summed E-state index contributed by atoms with van der Waals surface area (Å²) in [4.78, 5) is 34.9. The molecule has 1 fully saturated rings. The minimum absolute atomic E-state index is 0.109. The molecule has 5 rings (SSSR count). The van der Waals surface area contributed by atoms with Gasteiger partial charge in [-0.1, -0.05) is 29.8 Å². The Morgan fingerprint density at radius 1 is 1.00 bits per heavy atom. The average Bonchev–Trinajstić information content (AvgIpc) is 2.80. The lowest BCUT2D eigenvalue weighted by atomic mass is 10.1. The molecule has 2 aromatic carbocycles. The van der Waals surface area contributed by atoms with E-state index in [2.05, 4.69) is 16.8 Å². The van der Waals surface area contributed by atoms with Gasteiger partial charge in [0.25, 0.3) is 11.5 Å². The summed E-state index contributed by atoms with van der Waals surface area (Å²) in [6, 6.07) is 16.5. The highest BCUT2D eigenvalue weighted by atomic mass is 35.5. The number of carbonyl (C=O) groups excluding carboxylic acids is 1. The number of para-hydroxylation sites is 1. The topological polar surface area (TPSA) is 57.9 Å². The summed E-state index contributed by atoms with van der Waals surface area (Å²) in [5.74, 6) is -0.109. The van der Waals surface area contributed by atoms with Crippen LogP contribution in [0.2, 0.25) is 5.02 Å². The van der Waals surface area contributed by atoms with Crippen LogP contribution in [0.1, 0.15) is 15.9 Å². The zero-order chi connectivity index (χ0) is 21.5. The number of pyridine rings is 1. The molecular formula is C24H21ClN4O2. The SMILES string of the molecule is Cc1ccc(Cl)cc1N1CCN(C(=O)c2cccn3c(=O)c4ccccc4nc23)CC1. The van der Waals surface area contributed by atoms with E-state index in [1.807, 2.05) is 35.2 Å². The lowest BCUT2D eigenvalue weighted by Gasteiger charge is -2.37. The number of halogens is 1. The summed E-state index contributed by atoms with van der Waals surface area (Å²) < 4.78 is 1.46. The Bertz CT molecular complexity index is 1370. The Morgan fingerprint density at radius 3 is 2.58 bits per heavy atom. The molecule has 1 aliphatic rings. The predicted octanol–water partition coefficient (Wildman–Crippen LogP) is 3.77. The van der Waals surface area contributed by atoms with Crippen molar-refractivity contribution < 1.29 is 4.79 Å². The third-order valence-corrected chi connectivity index (χ3v) is 6.09. The van der Waals surface area contributed by atoms with Crippen molar-refractivity contribution in [2.45, 2.75) is 6.92 Å². The summed E-state index contributed by atoms with van der Waals surface area (Å²) in [7, 11) is 0. The molecule has 7 heteroatoms. The first-order chi connectivity index (χ1) is 15.0. The van der Waals surface area contributed by atoms with E-state index in [9.17, 15) is 9.59 Å². The molecule has 0 spiro atoms. The number of fused-ring (bicyclic) bond motifs is 2. The number of aryl methyl sites for hydroxylation is 1. The highest BCUT2D eigenvalue weighted by Crippen LogP contribution is 2.26. The molecule has 0 N–H and O–H groups in total. The molecule has 0 unspecified atom stereocenters. The quantitative estimate of drug-likeness (QED) is 0.452. The predicted molar refractivity (Wildman–Crippen MR) is 123 cm³/mol. The second-order valence-electron chi connectivity index (χ2n) is 7.76. The normalized spacial score (nSPS) is 14.4. The number of carbonyl (C=O) groups is 1. The molecule has 2 aromatic heterocycles. The smallest absolute Gasteiger partial charge is 0.265 e. The average molecular weight is 433 g/mol. The van der Waals surface area contributed by atoms with Gasteiger partial charge in [-0.05, 0) is 48.9 Å². The van der Waals surface area contributed by atoms with Crippen molar-refractivity contribution in [3.05, 3.63) is 87.3 Å². The fraction of sp³-hybridized carbons (Fsp3) is 0.208. The van der Waals surface area contributed by atoms with Gasteiger partial charge in [0.1, 0.15) is 0 Å². The van der Waals surface area contributed by atoms with Crippen LogP contribution in [0.25, 0.3) is 16.6 Å². The van der Waals surface area contributed by atoms with Gasteiger partial charge in [0.15, 0.2) is 5.65 Å². The van der Waals surface area contributed by atoms with Crippen molar-refractivity contribution in [2.24, 2.45) is 0 Å². The highest BCUT2D eigenvalue weighted by molar-refractivity contribution is 6.30. The van der Waals surface area contributed by atoms with Crippen LogP contribution in [0.4, 0.5) is 5.69 Å². The standard InChI is InChI=1S/C24H21ClN4O2/c1-16-8-9-17(25)15-21(16)27-11-13-28(14-12-27)23(30)19-6-4-10-29-22(19)26-20-7-3-2-5-18(20)24(29)31/h2-10,15H,11-14H2,1H3. The van der Waals surface area contributed by atoms with Gasteiger partial charge < -0.3 is 9.80 Å². The molecule has 0 atom stereocenters. The lowest BCUT2D eigenvalue weighted by molar-refractivity contribution is 0.0748. The lowest BCUT2D eigenvalue weighted by Crippen LogP contribution is -2.49. The fourth-order valence-electron chi connectivity index (χ4n) is 4.19. The number of nitrogens with zero attached hydrogens (tertiary/aromatic N) is 4. The van der Waals surface area contributed by atoms with Crippen LogP contribution in [-0.2, 0) is 0 Å². The monoisotopic (exact) mass is 432 g/mol. The first-order valence-electron chi connectivity index (χ1n) is 10.2. The minimum atomic E-state index is -0.170. The van der Waals surface area contributed by atoms with Crippen molar-refractivity contribution in [2.75, 3.05) is 31.1 Å². The van der Waals surface area contributed by atoms with Crippen molar-refractivity contribution in [3.63, 3.8) is 0 Å². The molecule has 31 heavy (non-hydrogen) atoms. The maximum Gasteiger partial charge on any atom is 0.265 e. The van der Waals surface area contributed by atoms with E-state index in [4.69, 9.17) is 11.6 Å². The molecule has 0 bridgehead atoms. The van der Waals surface area contributed by atoms with Crippen LogP contribution in [0.15, 0.2) is 65.6 Å². The maximum absolute atomic E-state index is 13.4. The number of hydrogen-bond acceptors (Lipinski definition) is 4. The maximum atomic E-state index is 13.4. The largest absolute Gasteiger partial charge is 0.368 e. The van der Waals surface area contributed by atoms with Gasteiger partial charge in [0.2, 0.25) is 0 Å². The second kappa shape index (κ2) is 7.71. The second-order valence-corrected chi connectivity index (χ2v) is 8.20. The van der Waals surface area contributed by atoms with Crippen molar-refractivity contribution in [1.29, 1.82) is 0 Å². The Balaban J connectivity index is 1.45. The Morgan fingerprint density at radius 2 is 1.77 bits per heavy atom. The van der Waals surface area contributed by atoms with E-state index < -0.39 is 0 Å². The van der Waals surface area contributed by atoms with E-state index >= 15 is 0 Å². The van der Waals surface area contributed by atoms with Crippen molar-refractivity contribution >= 4 is 39.7 Å². The molecule has 0 aliphatic carbocycles. The number of anilines is 1. The third kappa shape index (κ3) is 3.43. The number of benzene rings is 2. The highest BCUT2D eigenvalue weighted by Gasteiger charge is 2.25. The third-order valence-electron chi connectivity index (χ3n) is 5.86. The molecular weight excluding hydrogens is 412 g/mol. The van der Waals surface area contributed by atoms with Gasteiger partial charge in [-0.2, -0.15) is 0 Å². The van der Waals surface area contributed by atoms with Crippen molar-refractivity contribution in [1.82, 2.24) is 14.3 Å². The van der Waals surface area contributed by atoms with Gasteiger partial charge in [0.05, 0.1) is 16.5 Å². The minimum Gasteiger partial charge on any atom is -0.368 e. The molecule has 156 valence electrons. The van der Waals surface area contributed by atoms with Crippen LogP contribution in [0, 0.1) is 6.92 Å². The Kier molecular flexibility index (Phi) is 4.87. The van der Waals surface area contributed by atoms with Gasteiger partial charge in [0, 0.05) is 43.1 Å². The van der Waals surface area contributed by atoms with Crippen LogP contribution in [0.5, 0.6) is 0 Å². The number of aromatic nitrogens is 2. The summed E-state index contributed by atoms with van der Waals surface area (Å²) >= 11 is 6.18. The van der Waals surface area contributed by atoms with E-state index in [0.717, 1.165) is 11.3 Å². The van der Waals surface area contributed by atoms with Crippen LogP contribution in [0.3, 0.4) is 0 Å². The number of rotatable bonds is 2. The molecule has 0 radical (unpaired) electrons.